The number of aryl methyl sites for hydroxylation is 2. The molecular weight excluding hydrogens is 388 g/mol. The number of amides is 2. The van der Waals surface area contributed by atoms with Gasteiger partial charge in [-0.15, -0.1) is 0 Å². The molecule has 10 nitrogen and oxygen atoms in total. The maximum atomic E-state index is 12.9. The van der Waals surface area contributed by atoms with Gasteiger partial charge in [-0.1, -0.05) is 0 Å². The summed E-state index contributed by atoms with van der Waals surface area (Å²) in [7, 11) is 1.69. The zero-order chi connectivity index (χ0) is 20.9. The van der Waals surface area contributed by atoms with Gasteiger partial charge in [-0.05, 0) is 26.2 Å². The lowest BCUT2D eigenvalue weighted by molar-refractivity contribution is -0.127. The van der Waals surface area contributed by atoms with Crippen LogP contribution >= 0.6 is 0 Å². The van der Waals surface area contributed by atoms with Crippen LogP contribution in [-0.2, 0) is 33.0 Å². The van der Waals surface area contributed by atoms with Crippen LogP contribution in [0, 0.1) is 6.92 Å². The van der Waals surface area contributed by atoms with Crippen LogP contribution in [-0.4, -0.2) is 57.9 Å². The standard InChI is InChI=1S/C20H24N6O4/c1-12-8-15-25(2)19(28)14(4-6-26(15)24-12)22-18(27)17-21-9-13-10-30-20(16(13)23-17)5-3-7-29-11-20/h8-9,14H,3-7,10-11H2,1-2H3,(H,22,27)/t14-,20?/m0/s1. The highest BCUT2D eigenvalue weighted by Gasteiger charge is 2.44. The first kappa shape index (κ1) is 19.1. The van der Waals surface area contributed by atoms with Crippen molar-refractivity contribution in [2.24, 2.45) is 0 Å². The molecule has 5 heterocycles. The Labute approximate surface area is 173 Å². The van der Waals surface area contributed by atoms with Gasteiger partial charge in [0.05, 0.1) is 24.6 Å². The van der Waals surface area contributed by atoms with Gasteiger partial charge < -0.3 is 14.8 Å². The van der Waals surface area contributed by atoms with Crippen molar-refractivity contribution < 1.29 is 19.1 Å². The van der Waals surface area contributed by atoms with E-state index >= 15 is 0 Å². The van der Waals surface area contributed by atoms with Crippen LogP contribution in [0.25, 0.3) is 0 Å². The summed E-state index contributed by atoms with van der Waals surface area (Å²) in [5, 5.41) is 7.22. The highest BCUT2D eigenvalue weighted by atomic mass is 16.5. The minimum Gasteiger partial charge on any atom is -0.378 e. The lowest BCUT2D eigenvalue weighted by Crippen LogP contribution is -2.47. The van der Waals surface area contributed by atoms with Gasteiger partial charge in [0.1, 0.15) is 17.5 Å². The monoisotopic (exact) mass is 412 g/mol. The quantitative estimate of drug-likeness (QED) is 0.772. The normalized spacial score (nSPS) is 25.7. The third-order valence-electron chi connectivity index (χ3n) is 6.00. The lowest BCUT2D eigenvalue weighted by atomic mass is 9.92. The second kappa shape index (κ2) is 7.13. The van der Waals surface area contributed by atoms with E-state index in [1.807, 2.05) is 13.0 Å². The van der Waals surface area contributed by atoms with Crippen molar-refractivity contribution in [2.75, 3.05) is 25.2 Å². The molecule has 158 valence electrons. The molecule has 1 spiro atoms. The minimum absolute atomic E-state index is 0.0393. The number of carbonyl (C=O) groups is 2. The maximum absolute atomic E-state index is 12.9. The largest absolute Gasteiger partial charge is 0.378 e. The third-order valence-corrected chi connectivity index (χ3v) is 6.00. The first-order valence-corrected chi connectivity index (χ1v) is 10.2. The van der Waals surface area contributed by atoms with E-state index in [0.29, 0.717) is 32.8 Å². The van der Waals surface area contributed by atoms with Crippen LogP contribution in [0.1, 0.15) is 46.8 Å². The van der Waals surface area contributed by atoms with Gasteiger partial charge in [0, 0.05) is 38.0 Å². The summed E-state index contributed by atoms with van der Waals surface area (Å²) in [6, 6.07) is 1.18. The number of hydrogen-bond acceptors (Lipinski definition) is 7. The van der Waals surface area contributed by atoms with E-state index in [9.17, 15) is 9.59 Å². The fourth-order valence-electron chi connectivity index (χ4n) is 4.41. The smallest absolute Gasteiger partial charge is 0.289 e. The van der Waals surface area contributed by atoms with Gasteiger partial charge in [0.2, 0.25) is 5.82 Å². The molecule has 3 aliphatic rings. The minimum atomic E-state index is -0.676. The van der Waals surface area contributed by atoms with Crippen LogP contribution < -0.4 is 10.2 Å². The lowest BCUT2D eigenvalue weighted by Gasteiger charge is -2.32. The number of fused-ring (bicyclic) bond motifs is 3. The molecular formula is C20H24N6O4. The average Bonchev–Trinajstić information content (AvgIpc) is 3.27. The summed E-state index contributed by atoms with van der Waals surface area (Å²) in [4.78, 5) is 36.1. The van der Waals surface area contributed by atoms with E-state index in [0.717, 1.165) is 35.6 Å². The highest BCUT2D eigenvalue weighted by Crippen LogP contribution is 2.40. The Morgan fingerprint density at radius 3 is 3.07 bits per heavy atom. The Bertz CT molecular complexity index is 1010. The molecule has 0 bridgehead atoms. The summed E-state index contributed by atoms with van der Waals surface area (Å²) in [5.41, 5.74) is 1.85. The molecule has 5 rings (SSSR count). The molecule has 1 saturated heterocycles. The fourth-order valence-corrected chi connectivity index (χ4v) is 4.41. The first-order chi connectivity index (χ1) is 14.5. The number of hydrogen-bond donors (Lipinski definition) is 1. The molecule has 1 N–H and O–H groups in total. The van der Waals surface area contributed by atoms with Gasteiger partial charge >= 0.3 is 0 Å². The molecule has 0 aliphatic carbocycles. The Balaban J connectivity index is 1.36. The van der Waals surface area contributed by atoms with E-state index in [4.69, 9.17) is 9.47 Å². The van der Waals surface area contributed by atoms with Crippen LogP contribution in [0.3, 0.4) is 0 Å². The summed E-state index contributed by atoms with van der Waals surface area (Å²) < 4.78 is 13.4. The molecule has 1 unspecified atom stereocenters. The SMILES string of the molecule is Cc1cc2n(n1)CC[C@H](NC(=O)c1ncc3c(n1)C1(CCCOC1)OC3)C(=O)N2C. The van der Waals surface area contributed by atoms with Crippen molar-refractivity contribution in [1.82, 2.24) is 25.1 Å². The van der Waals surface area contributed by atoms with Crippen LogP contribution in [0.2, 0.25) is 0 Å². The van der Waals surface area contributed by atoms with Gasteiger partial charge in [0.25, 0.3) is 11.8 Å². The molecule has 3 aliphatic heterocycles. The van der Waals surface area contributed by atoms with Crippen molar-refractivity contribution in [3.05, 3.63) is 35.0 Å². The second-order valence-corrected chi connectivity index (χ2v) is 8.09. The number of anilines is 1. The summed E-state index contributed by atoms with van der Waals surface area (Å²) in [6.45, 7) is 3.96. The third kappa shape index (κ3) is 3.07. The Morgan fingerprint density at radius 2 is 2.27 bits per heavy atom. The van der Waals surface area contributed by atoms with E-state index in [1.54, 1.807) is 17.9 Å². The predicted molar refractivity (Wildman–Crippen MR) is 105 cm³/mol. The summed E-state index contributed by atoms with van der Waals surface area (Å²) in [6.07, 6.45) is 3.76. The van der Waals surface area contributed by atoms with Crippen LogP contribution in [0.4, 0.5) is 5.82 Å². The zero-order valence-electron chi connectivity index (χ0n) is 17.1. The number of nitrogens with one attached hydrogen (secondary N) is 1. The number of carbonyl (C=O) groups excluding carboxylic acids is 2. The van der Waals surface area contributed by atoms with Crippen molar-refractivity contribution in [3.63, 3.8) is 0 Å². The Kier molecular flexibility index (Phi) is 4.55. The van der Waals surface area contributed by atoms with Crippen molar-refractivity contribution in [1.29, 1.82) is 0 Å². The molecule has 10 heteroatoms. The second-order valence-electron chi connectivity index (χ2n) is 8.09. The maximum Gasteiger partial charge on any atom is 0.289 e. The average molecular weight is 412 g/mol. The number of ether oxygens (including phenoxy) is 2. The van der Waals surface area contributed by atoms with E-state index in [-0.39, 0.29) is 11.7 Å². The molecule has 0 aromatic carbocycles. The van der Waals surface area contributed by atoms with Gasteiger partial charge in [-0.3, -0.25) is 14.5 Å². The Morgan fingerprint density at radius 1 is 1.40 bits per heavy atom. The number of nitrogens with zero attached hydrogens (tertiary/aromatic N) is 5. The van der Waals surface area contributed by atoms with Gasteiger partial charge in [0.15, 0.2) is 0 Å². The molecule has 0 saturated carbocycles. The molecule has 2 amide bonds. The van der Waals surface area contributed by atoms with Crippen LogP contribution in [0.5, 0.6) is 0 Å². The zero-order valence-corrected chi connectivity index (χ0v) is 17.1. The molecule has 1 fully saturated rings. The number of likely N-dealkylation sites (N-methyl/N-ethyl adjacent to an activating group) is 1. The Hall–Kier alpha value is -2.85. The highest BCUT2D eigenvalue weighted by molar-refractivity contribution is 6.00. The predicted octanol–water partition coefficient (Wildman–Crippen LogP) is 0.683. The first-order valence-electron chi connectivity index (χ1n) is 10.2. The fraction of sp³-hybridized carbons (Fsp3) is 0.550. The topological polar surface area (TPSA) is 111 Å². The molecule has 2 aromatic rings. The molecule has 30 heavy (non-hydrogen) atoms. The summed E-state index contributed by atoms with van der Waals surface area (Å²) >= 11 is 0. The number of rotatable bonds is 2. The molecule has 0 radical (unpaired) electrons. The number of aromatic nitrogens is 4. The van der Waals surface area contributed by atoms with Crippen LogP contribution in [0.15, 0.2) is 12.3 Å². The molecule has 2 aromatic heterocycles. The van der Waals surface area contributed by atoms with Crippen molar-refractivity contribution in [2.45, 2.75) is 51.0 Å². The molecule has 2 atom stereocenters. The van der Waals surface area contributed by atoms with E-state index in [1.165, 1.54) is 4.90 Å². The summed E-state index contributed by atoms with van der Waals surface area (Å²) in [5.74, 6) is 0.0968. The van der Waals surface area contributed by atoms with E-state index in [2.05, 4.69) is 20.4 Å². The van der Waals surface area contributed by atoms with E-state index < -0.39 is 17.6 Å². The van der Waals surface area contributed by atoms with Gasteiger partial charge in [-0.25, -0.2) is 14.6 Å². The van der Waals surface area contributed by atoms with Crippen molar-refractivity contribution >= 4 is 17.6 Å². The van der Waals surface area contributed by atoms with Crippen molar-refractivity contribution in [3.8, 4) is 0 Å². The van der Waals surface area contributed by atoms with Gasteiger partial charge in [-0.2, -0.15) is 5.10 Å².